The van der Waals surface area contributed by atoms with Gasteiger partial charge < -0.3 is 14.8 Å². The Labute approximate surface area is 112 Å². The van der Waals surface area contributed by atoms with Crippen molar-refractivity contribution in [2.45, 2.75) is 12.3 Å². The van der Waals surface area contributed by atoms with Gasteiger partial charge in [-0.25, -0.2) is 0 Å². The molecule has 18 heavy (non-hydrogen) atoms. The van der Waals surface area contributed by atoms with Crippen molar-refractivity contribution in [3.05, 3.63) is 28.3 Å². The van der Waals surface area contributed by atoms with Gasteiger partial charge in [-0.05, 0) is 30.5 Å². The average Bonchev–Trinajstić information content (AvgIpc) is 2.19. The lowest BCUT2D eigenvalue weighted by Crippen LogP contribution is -2.62. The minimum absolute atomic E-state index is 0.0895. The van der Waals surface area contributed by atoms with Crippen LogP contribution in [0.2, 0.25) is 5.02 Å². The van der Waals surface area contributed by atoms with Crippen molar-refractivity contribution in [2.24, 2.45) is 5.92 Å². The summed E-state index contributed by atoms with van der Waals surface area (Å²) in [6.07, 6.45) is 0. The Hall–Kier alpha value is -0.770. The predicted octanol–water partition coefficient (Wildman–Crippen LogP) is 2.14. The zero-order valence-corrected chi connectivity index (χ0v) is 11.5. The van der Waals surface area contributed by atoms with Crippen LogP contribution in [-0.4, -0.2) is 33.4 Å². The highest BCUT2D eigenvalue weighted by atomic mass is 35.5. The third-order valence-corrected chi connectivity index (χ3v) is 4.48. The van der Waals surface area contributed by atoms with Crippen molar-refractivity contribution in [3.8, 4) is 5.75 Å². The zero-order valence-electron chi connectivity index (χ0n) is 10.8. The fourth-order valence-electron chi connectivity index (χ4n) is 2.98. The second-order valence-corrected chi connectivity index (χ2v) is 5.74. The molecule has 2 saturated heterocycles. The molecule has 4 heteroatoms. The molecular formula is C14H18ClNO2. The van der Waals surface area contributed by atoms with Gasteiger partial charge in [0.15, 0.2) is 0 Å². The summed E-state index contributed by atoms with van der Waals surface area (Å²) in [5.41, 5.74) is 2.40. The summed E-state index contributed by atoms with van der Waals surface area (Å²) in [6, 6.07) is 4.00. The molecule has 0 radical (unpaired) electrons. The van der Waals surface area contributed by atoms with Crippen LogP contribution in [0.1, 0.15) is 11.1 Å². The van der Waals surface area contributed by atoms with E-state index in [0.29, 0.717) is 5.92 Å². The summed E-state index contributed by atoms with van der Waals surface area (Å²) in [7, 11) is 1.73. The highest BCUT2D eigenvalue weighted by Gasteiger charge is 2.50. The van der Waals surface area contributed by atoms with Crippen LogP contribution in [0, 0.1) is 12.8 Å². The van der Waals surface area contributed by atoms with Crippen LogP contribution in [0.4, 0.5) is 0 Å². The number of aryl methyl sites for hydroxylation is 1. The van der Waals surface area contributed by atoms with E-state index in [2.05, 4.69) is 5.32 Å². The van der Waals surface area contributed by atoms with Crippen molar-refractivity contribution in [1.82, 2.24) is 5.32 Å². The van der Waals surface area contributed by atoms with Gasteiger partial charge in [-0.3, -0.25) is 0 Å². The molecule has 2 aliphatic heterocycles. The predicted molar refractivity (Wildman–Crippen MR) is 71.6 cm³/mol. The quantitative estimate of drug-likeness (QED) is 0.910. The first kappa shape index (κ1) is 12.3. The van der Waals surface area contributed by atoms with E-state index < -0.39 is 0 Å². The maximum absolute atomic E-state index is 6.22. The molecule has 1 aromatic rings. The van der Waals surface area contributed by atoms with Crippen molar-refractivity contribution >= 4 is 11.6 Å². The Kier molecular flexibility index (Phi) is 3.00. The lowest BCUT2D eigenvalue weighted by Gasteiger charge is -2.51. The molecule has 0 unspecified atom stereocenters. The van der Waals surface area contributed by atoms with E-state index in [9.17, 15) is 0 Å². The molecule has 2 aliphatic rings. The SMILES string of the molecule is COc1c(C)cc(Cl)cc1C1(C2CNC2)COC1. The summed E-state index contributed by atoms with van der Waals surface area (Å²) < 4.78 is 11.1. The first-order valence-electron chi connectivity index (χ1n) is 6.30. The summed E-state index contributed by atoms with van der Waals surface area (Å²) >= 11 is 6.22. The summed E-state index contributed by atoms with van der Waals surface area (Å²) in [4.78, 5) is 0. The van der Waals surface area contributed by atoms with Crippen LogP contribution in [0.3, 0.4) is 0 Å². The first-order valence-corrected chi connectivity index (χ1v) is 6.68. The molecule has 98 valence electrons. The monoisotopic (exact) mass is 267 g/mol. The number of ether oxygens (including phenoxy) is 2. The van der Waals surface area contributed by atoms with Gasteiger partial charge >= 0.3 is 0 Å². The second-order valence-electron chi connectivity index (χ2n) is 5.31. The third-order valence-electron chi connectivity index (χ3n) is 4.26. The molecule has 0 amide bonds. The molecule has 3 nitrogen and oxygen atoms in total. The Morgan fingerprint density at radius 3 is 2.56 bits per heavy atom. The second kappa shape index (κ2) is 4.41. The molecule has 0 bridgehead atoms. The molecular weight excluding hydrogens is 250 g/mol. The number of hydrogen-bond acceptors (Lipinski definition) is 3. The molecule has 0 atom stereocenters. The van der Waals surface area contributed by atoms with Gasteiger partial charge in [-0.2, -0.15) is 0 Å². The molecule has 0 aromatic heterocycles. The van der Waals surface area contributed by atoms with Gasteiger partial charge in [0, 0.05) is 23.7 Å². The molecule has 1 N–H and O–H groups in total. The van der Waals surface area contributed by atoms with E-state index in [1.54, 1.807) is 7.11 Å². The minimum Gasteiger partial charge on any atom is -0.496 e. The van der Waals surface area contributed by atoms with Crippen LogP contribution in [0.5, 0.6) is 5.75 Å². The molecule has 0 saturated carbocycles. The third kappa shape index (κ3) is 1.65. The summed E-state index contributed by atoms with van der Waals surface area (Å²) in [5, 5.41) is 4.12. The van der Waals surface area contributed by atoms with Crippen molar-refractivity contribution < 1.29 is 9.47 Å². The highest BCUT2D eigenvalue weighted by Crippen LogP contribution is 2.46. The normalized spacial score (nSPS) is 22.2. The Morgan fingerprint density at radius 1 is 1.39 bits per heavy atom. The van der Waals surface area contributed by atoms with Crippen molar-refractivity contribution in [2.75, 3.05) is 33.4 Å². The van der Waals surface area contributed by atoms with E-state index in [-0.39, 0.29) is 5.41 Å². The molecule has 1 aromatic carbocycles. The molecule has 2 fully saturated rings. The lowest BCUT2D eigenvalue weighted by molar-refractivity contribution is -0.102. The summed E-state index contributed by atoms with van der Waals surface area (Å²) in [6.45, 7) is 5.70. The Morgan fingerprint density at radius 2 is 2.11 bits per heavy atom. The fourth-order valence-corrected chi connectivity index (χ4v) is 3.26. The Bertz CT molecular complexity index is 467. The van der Waals surface area contributed by atoms with E-state index in [1.165, 1.54) is 5.56 Å². The van der Waals surface area contributed by atoms with Gasteiger partial charge in [0.1, 0.15) is 5.75 Å². The van der Waals surface area contributed by atoms with Crippen LogP contribution >= 0.6 is 11.6 Å². The summed E-state index contributed by atoms with van der Waals surface area (Å²) in [5.74, 6) is 1.59. The maximum atomic E-state index is 6.22. The number of benzene rings is 1. The number of nitrogens with one attached hydrogen (secondary N) is 1. The number of methoxy groups -OCH3 is 1. The zero-order chi connectivity index (χ0) is 12.8. The molecule has 2 heterocycles. The van der Waals surface area contributed by atoms with Crippen molar-refractivity contribution in [3.63, 3.8) is 0 Å². The van der Waals surface area contributed by atoms with E-state index in [1.807, 2.05) is 19.1 Å². The number of halogens is 1. The number of rotatable bonds is 3. The average molecular weight is 268 g/mol. The van der Waals surface area contributed by atoms with Gasteiger partial charge in [-0.15, -0.1) is 0 Å². The number of hydrogen-bond donors (Lipinski definition) is 1. The van der Waals surface area contributed by atoms with Gasteiger partial charge in [0.05, 0.1) is 25.7 Å². The lowest BCUT2D eigenvalue weighted by atomic mass is 9.65. The van der Waals surface area contributed by atoms with E-state index in [4.69, 9.17) is 21.1 Å². The molecule has 0 aliphatic carbocycles. The van der Waals surface area contributed by atoms with Crippen LogP contribution < -0.4 is 10.1 Å². The molecule has 3 rings (SSSR count). The van der Waals surface area contributed by atoms with Crippen molar-refractivity contribution in [1.29, 1.82) is 0 Å². The van der Waals surface area contributed by atoms with E-state index in [0.717, 1.165) is 42.6 Å². The largest absolute Gasteiger partial charge is 0.496 e. The Balaban J connectivity index is 2.09. The minimum atomic E-state index is 0.0895. The topological polar surface area (TPSA) is 30.5 Å². The fraction of sp³-hybridized carbons (Fsp3) is 0.571. The van der Waals surface area contributed by atoms with Crippen LogP contribution in [0.15, 0.2) is 12.1 Å². The van der Waals surface area contributed by atoms with Gasteiger partial charge in [0.25, 0.3) is 0 Å². The highest BCUT2D eigenvalue weighted by molar-refractivity contribution is 6.30. The smallest absolute Gasteiger partial charge is 0.125 e. The first-order chi connectivity index (χ1) is 8.67. The maximum Gasteiger partial charge on any atom is 0.125 e. The van der Waals surface area contributed by atoms with Gasteiger partial charge in [-0.1, -0.05) is 11.6 Å². The van der Waals surface area contributed by atoms with Crippen LogP contribution in [0.25, 0.3) is 0 Å². The molecule has 0 spiro atoms. The standard InChI is InChI=1S/C14H18ClNO2/c1-9-3-11(15)4-12(13(9)17-2)14(7-18-8-14)10-5-16-6-10/h3-4,10,16H,5-8H2,1-2H3. The van der Waals surface area contributed by atoms with Crippen LogP contribution in [-0.2, 0) is 10.2 Å². The van der Waals surface area contributed by atoms with Gasteiger partial charge in [0.2, 0.25) is 0 Å². The van der Waals surface area contributed by atoms with E-state index >= 15 is 0 Å².